The minimum absolute atomic E-state index is 0.0751. The van der Waals surface area contributed by atoms with Gasteiger partial charge in [-0.15, -0.1) is 0 Å². The first-order chi connectivity index (χ1) is 10.2. The third-order valence-corrected chi connectivity index (χ3v) is 2.39. The smallest absolute Gasteiger partial charge is 0.315 e. The maximum absolute atomic E-state index is 13.3. The van der Waals surface area contributed by atoms with Crippen molar-refractivity contribution in [3.05, 3.63) is 60.2 Å². The maximum Gasteiger partial charge on any atom is 0.329 e. The van der Waals surface area contributed by atoms with Crippen molar-refractivity contribution in [2.75, 3.05) is 5.32 Å². The Morgan fingerprint density at radius 2 is 1.95 bits per heavy atom. The zero-order valence-electron chi connectivity index (χ0n) is 10.8. The number of benzene rings is 1. The summed E-state index contributed by atoms with van der Waals surface area (Å²) >= 11 is 0. The standard InChI is InChI=1S/C14H11FN4O2/c15-11-5-1-2-6-12(11)18-13(20)14(21)19-17-9-10-4-3-7-16-8-10/h1-9H,(H,18,20)(H,19,21)/b17-9-. The van der Waals surface area contributed by atoms with Gasteiger partial charge in [0.05, 0.1) is 11.9 Å². The molecular formula is C14H11FN4O2. The number of rotatable bonds is 3. The summed E-state index contributed by atoms with van der Waals surface area (Å²) in [7, 11) is 0. The zero-order valence-corrected chi connectivity index (χ0v) is 10.8. The summed E-state index contributed by atoms with van der Waals surface area (Å²) in [5.41, 5.74) is 2.62. The highest BCUT2D eigenvalue weighted by atomic mass is 19.1. The summed E-state index contributed by atoms with van der Waals surface area (Å²) in [5, 5.41) is 5.75. The van der Waals surface area contributed by atoms with Gasteiger partial charge in [-0.25, -0.2) is 9.82 Å². The number of amides is 2. The van der Waals surface area contributed by atoms with Crippen molar-refractivity contribution in [1.82, 2.24) is 10.4 Å². The molecule has 0 spiro atoms. The lowest BCUT2D eigenvalue weighted by molar-refractivity contribution is -0.136. The van der Waals surface area contributed by atoms with E-state index < -0.39 is 17.6 Å². The second kappa shape index (κ2) is 6.90. The van der Waals surface area contributed by atoms with Gasteiger partial charge in [0, 0.05) is 18.0 Å². The molecule has 0 fully saturated rings. The third-order valence-electron chi connectivity index (χ3n) is 2.39. The maximum atomic E-state index is 13.3. The molecule has 0 atom stereocenters. The molecule has 0 bridgehead atoms. The number of hydrogen-bond donors (Lipinski definition) is 2. The minimum Gasteiger partial charge on any atom is -0.315 e. The number of anilines is 1. The molecule has 106 valence electrons. The van der Waals surface area contributed by atoms with Crippen LogP contribution in [-0.4, -0.2) is 23.0 Å². The summed E-state index contributed by atoms with van der Waals surface area (Å²) in [6.07, 6.45) is 4.47. The highest BCUT2D eigenvalue weighted by molar-refractivity contribution is 6.39. The van der Waals surface area contributed by atoms with Crippen LogP contribution in [-0.2, 0) is 9.59 Å². The van der Waals surface area contributed by atoms with Gasteiger partial charge < -0.3 is 5.32 Å². The van der Waals surface area contributed by atoms with E-state index in [4.69, 9.17) is 0 Å². The number of nitrogens with zero attached hydrogens (tertiary/aromatic N) is 2. The second-order valence-electron chi connectivity index (χ2n) is 3.92. The lowest BCUT2D eigenvalue weighted by atomic mass is 10.3. The molecule has 1 aromatic heterocycles. The van der Waals surface area contributed by atoms with Crippen molar-refractivity contribution >= 4 is 23.7 Å². The predicted octanol–water partition coefficient (Wildman–Crippen LogP) is 1.31. The number of para-hydroxylation sites is 1. The molecule has 0 unspecified atom stereocenters. The van der Waals surface area contributed by atoms with E-state index in [9.17, 15) is 14.0 Å². The highest BCUT2D eigenvalue weighted by Gasteiger charge is 2.14. The van der Waals surface area contributed by atoms with E-state index in [2.05, 4.69) is 15.4 Å². The number of carbonyl (C=O) groups excluding carboxylic acids is 2. The highest BCUT2D eigenvalue weighted by Crippen LogP contribution is 2.11. The van der Waals surface area contributed by atoms with Gasteiger partial charge in [-0.1, -0.05) is 18.2 Å². The van der Waals surface area contributed by atoms with Crippen molar-refractivity contribution < 1.29 is 14.0 Å². The van der Waals surface area contributed by atoms with Crippen molar-refractivity contribution in [3.8, 4) is 0 Å². The molecule has 0 saturated carbocycles. The second-order valence-corrected chi connectivity index (χ2v) is 3.92. The summed E-state index contributed by atoms with van der Waals surface area (Å²) in [6, 6.07) is 8.96. The van der Waals surface area contributed by atoms with Gasteiger partial charge in [-0.3, -0.25) is 14.6 Å². The van der Waals surface area contributed by atoms with Gasteiger partial charge in [0.2, 0.25) is 0 Å². The largest absolute Gasteiger partial charge is 0.329 e. The molecule has 0 saturated heterocycles. The molecule has 2 N–H and O–H groups in total. The molecule has 0 aliphatic carbocycles. The monoisotopic (exact) mass is 286 g/mol. The van der Waals surface area contributed by atoms with Crippen LogP contribution in [0.3, 0.4) is 0 Å². The molecule has 0 aliphatic rings. The minimum atomic E-state index is -1.01. The third kappa shape index (κ3) is 4.20. The fraction of sp³-hybridized carbons (Fsp3) is 0. The average Bonchev–Trinajstić information content (AvgIpc) is 2.50. The Labute approximate surface area is 119 Å². The van der Waals surface area contributed by atoms with E-state index in [-0.39, 0.29) is 5.69 Å². The summed E-state index contributed by atoms with van der Waals surface area (Å²) in [5.74, 6) is -2.64. The molecule has 2 aromatic rings. The van der Waals surface area contributed by atoms with Crippen molar-refractivity contribution in [2.24, 2.45) is 5.10 Å². The summed E-state index contributed by atoms with van der Waals surface area (Å²) in [4.78, 5) is 26.9. The number of pyridine rings is 1. The van der Waals surface area contributed by atoms with Crippen LogP contribution in [0.25, 0.3) is 0 Å². The van der Waals surface area contributed by atoms with Crippen LogP contribution < -0.4 is 10.7 Å². The number of hydrogen-bond acceptors (Lipinski definition) is 4. The number of hydrazone groups is 1. The number of halogens is 1. The van der Waals surface area contributed by atoms with Crippen LogP contribution >= 0.6 is 0 Å². The first-order valence-electron chi connectivity index (χ1n) is 5.96. The summed E-state index contributed by atoms with van der Waals surface area (Å²) in [6.45, 7) is 0. The Hall–Kier alpha value is -3.09. The van der Waals surface area contributed by atoms with Crippen LogP contribution in [0.5, 0.6) is 0 Å². The molecule has 2 rings (SSSR count). The van der Waals surface area contributed by atoms with Crippen LogP contribution in [0.2, 0.25) is 0 Å². The Balaban J connectivity index is 1.90. The van der Waals surface area contributed by atoms with E-state index in [0.29, 0.717) is 5.56 Å². The Kier molecular flexibility index (Phi) is 4.70. The van der Waals surface area contributed by atoms with E-state index in [1.807, 2.05) is 5.43 Å². The molecule has 0 aliphatic heterocycles. The number of aromatic nitrogens is 1. The van der Waals surface area contributed by atoms with E-state index in [1.54, 1.807) is 18.3 Å². The van der Waals surface area contributed by atoms with Gasteiger partial charge in [-0.2, -0.15) is 5.10 Å². The van der Waals surface area contributed by atoms with E-state index >= 15 is 0 Å². The van der Waals surface area contributed by atoms with Crippen molar-refractivity contribution in [3.63, 3.8) is 0 Å². The molecule has 0 radical (unpaired) electrons. The van der Waals surface area contributed by atoms with Crippen molar-refractivity contribution in [1.29, 1.82) is 0 Å². The topological polar surface area (TPSA) is 83.5 Å². The van der Waals surface area contributed by atoms with Crippen LogP contribution in [0.4, 0.5) is 10.1 Å². The Morgan fingerprint density at radius 3 is 2.67 bits per heavy atom. The molecular weight excluding hydrogens is 275 g/mol. The fourth-order valence-electron chi connectivity index (χ4n) is 1.41. The molecule has 6 nitrogen and oxygen atoms in total. The number of carbonyl (C=O) groups is 2. The van der Waals surface area contributed by atoms with Gasteiger partial charge >= 0.3 is 11.8 Å². The lowest BCUT2D eigenvalue weighted by Gasteiger charge is -2.04. The Bertz CT molecular complexity index is 674. The quantitative estimate of drug-likeness (QED) is 0.507. The van der Waals surface area contributed by atoms with Gasteiger partial charge in [0.1, 0.15) is 5.82 Å². The number of nitrogens with one attached hydrogen (secondary N) is 2. The summed E-state index contributed by atoms with van der Waals surface area (Å²) < 4.78 is 13.3. The van der Waals surface area contributed by atoms with Gasteiger partial charge in [0.15, 0.2) is 0 Å². The fourth-order valence-corrected chi connectivity index (χ4v) is 1.41. The van der Waals surface area contributed by atoms with E-state index in [1.165, 1.54) is 36.7 Å². The predicted molar refractivity (Wildman–Crippen MR) is 75.0 cm³/mol. The zero-order chi connectivity index (χ0) is 15.1. The molecule has 7 heteroatoms. The molecule has 1 aromatic carbocycles. The van der Waals surface area contributed by atoms with E-state index in [0.717, 1.165) is 0 Å². The first-order valence-corrected chi connectivity index (χ1v) is 5.96. The molecule has 21 heavy (non-hydrogen) atoms. The Morgan fingerprint density at radius 1 is 1.14 bits per heavy atom. The SMILES string of the molecule is O=C(N/N=C\c1cccnc1)C(=O)Nc1ccccc1F. The average molecular weight is 286 g/mol. The van der Waals surface area contributed by atoms with Crippen molar-refractivity contribution in [2.45, 2.75) is 0 Å². The normalized spacial score (nSPS) is 10.3. The van der Waals surface area contributed by atoms with Crippen LogP contribution in [0, 0.1) is 5.82 Å². The van der Waals surface area contributed by atoms with Gasteiger partial charge in [-0.05, 0) is 18.2 Å². The lowest BCUT2D eigenvalue weighted by Crippen LogP contribution is -2.32. The van der Waals surface area contributed by atoms with Gasteiger partial charge in [0.25, 0.3) is 0 Å². The molecule has 2 amide bonds. The first kappa shape index (κ1) is 14.3. The van der Waals surface area contributed by atoms with Crippen LogP contribution in [0.1, 0.15) is 5.56 Å². The molecule has 1 heterocycles. The van der Waals surface area contributed by atoms with Crippen LogP contribution in [0.15, 0.2) is 53.9 Å².